The van der Waals surface area contributed by atoms with Gasteiger partial charge in [0.25, 0.3) is 10.0 Å². The first-order chi connectivity index (χ1) is 11.0. The van der Waals surface area contributed by atoms with E-state index < -0.39 is 20.7 Å². The Morgan fingerprint density at radius 1 is 0.870 bits per heavy atom. The van der Waals surface area contributed by atoms with Gasteiger partial charge in [-0.15, -0.1) is 3.77 Å². The molecule has 0 N–H and O–H groups in total. The SMILES string of the molecule is Cc1ccc(/S(C)=N/S(=O)(=O)c2ccc3ccccc3c2)cc1. The van der Waals surface area contributed by atoms with Crippen LogP contribution in [0.25, 0.3) is 10.8 Å². The number of sulfonamides is 1. The number of nitrogens with zero attached hydrogens (tertiary/aromatic N) is 1. The van der Waals surface area contributed by atoms with Crippen molar-refractivity contribution in [3.63, 3.8) is 0 Å². The summed E-state index contributed by atoms with van der Waals surface area (Å²) in [6.07, 6.45) is 1.82. The molecule has 3 nitrogen and oxygen atoms in total. The number of rotatable bonds is 3. The van der Waals surface area contributed by atoms with Gasteiger partial charge in [0.2, 0.25) is 0 Å². The van der Waals surface area contributed by atoms with E-state index in [9.17, 15) is 8.42 Å². The Morgan fingerprint density at radius 2 is 1.52 bits per heavy atom. The molecule has 0 bridgehead atoms. The maximum absolute atomic E-state index is 12.6. The third-order valence-corrected chi connectivity index (χ3v) is 7.07. The third-order valence-electron chi connectivity index (χ3n) is 3.59. The Hall–Kier alpha value is -1.98. The van der Waals surface area contributed by atoms with Crippen LogP contribution in [0.5, 0.6) is 0 Å². The second kappa shape index (κ2) is 6.26. The highest BCUT2D eigenvalue weighted by atomic mass is 32.3. The Balaban J connectivity index is 2.02. The van der Waals surface area contributed by atoms with Gasteiger partial charge in [-0.25, -0.2) is 0 Å². The summed E-state index contributed by atoms with van der Waals surface area (Å²) in [6.45, 7) is 2.00. The molecule has 0 aliphatic carbocycles. The molecule has 3 aromatic rings. The van der Waals surface area contributed by atoms with Gasteiger partial charge < -0.3 is 0 Å². The molecule has 0 amide bonds. The predicted octanol–water partition coefficient (Wildman–Crippen LogP) is 4.33. The Morgan fingerprint density at radius 3 is 2.22 bits per heavy atom. The molecule has 0 radical (unpaired) electrons. The van der Waals surface area contributed by atoms with Gasteiger partial charge in [0.1, 0.15) is 0 Å². The molecule has 0 aliphatic heterocycles. The van der Waals surface area contributed by atoms with Crippen LogP contribution in [0.3, 0.4) is 0 Å². The van der Waals surface area contributed by atoms with Crippen LogP contribution < -0.4 is 0 Å². The number of fused-ring (bicyclic) bond motifs is 1. The Labute approximate surface area is 139 Å². The molecule has 1 unspecified atom stereocenters. The largest absolute Gasteiger partial charge is 0.288 e. The van der Waals surface area contributed by atoms with Crippen molar-refractivity contribution < 1.29 is 8.42 Å². The van der Waals surface area contributed by atoms with Gasteiger partial charge in [0, 0.05) is 4.90 Å². The van der Waals surface area contributed by atoms with Gasteiger partial charge in [-0.1, -0.05) is 58.7 Å². The molecule has 0 fully saturated rings. The minimum Gasteiger partial charge on any atom is -0.199 e. The van der Waals surface area contributed by atoms with Crippen LogP contribution in [0.2, 0.25) is 0 Å². The highest BCUT2D eigenvalue weighted by Gasteiger charge is 2.14. The molecule has 5 heteroatoms. The van der Waals surface area contributed by atoms with Gasteiger partial charge >= 0.3 is 0 Å². The van der Waals surface area contributed by atoms with Gasteiger partial charge in [0.05, 0.1) is 4.90 Å². The van der Waals surface area contributed by atoms with Crippen LogP contribution in [-0.2, 0) is 20.7 Å². The molecule has 0 heterocycles. The molecule has 0 aromatic heterocycles. The Kier molecular flexibility index (Phi) is 4.33. The van der Waals surface area contributed by atoms with Gasteiger partial charge in [0.15, 0.2) is 0 Å². The minimum atomic E-state index is -3.67. The average molecular weight is 343 g/mol. The monoisotopic (exact) mass is 343 g/mol. The molecule has 0 spiro atoms. The third kappa shape index (κ3) is 3.51. The van der Waals surface area contributed by atoms with E-state index in [1.165, 1.54) is 0 Å². The maximum atomic E-state index is 12.6. The second-order valence-corrected chi connectivity index (χ2v) is 8.79. The quantitative estimate of drug-likeness (QED) is 0.711. The van der Waals surface area contributed by atoms with E-state index in [2.05, 4.69) is 3.77 Å². The lowest BCUT2D eigenvalue weighted by atomic mass is 10.1. The molecule has 1 atom stereocenters. The van der Waals surface area contributed by atoms with E-state index >= 15 is 0 Å². The summed E-state index contributed by atoms with van der Waals surface area (Å²) < 4.78 is 29.2. The zero-order valence-electron chi connectivity index (χ0n) is 12.9. The zero-order valence-corrected chi connectivity index (χ0v) is 14.6. The van der Waals surface area contributed by atoms with Crippen molar-refractivity contribution in [2.45, 2.75) is 16.7 Å². The summed E-state index contributed by atoms with van der Waals surface area (Å²) >= 11 is 0. The maximum Gasteiger partial charge on any atom is 0.288 e. The van der Waals surface area contributed by atoms with Crippen LogP contribution in [0.1, 0.15) is 5.56 Å². The lowest BCUT2D eigenvalue weighted by molar-refractivity contribution is 0.598. The first kappa shape index (κ1) is 15.9. The van der Waals surface area contributed by atoms with Crippen LogP contribution in [0.4, 0.5) is 0 Å². The molecule has 3 rings (SSSR count). The second-order valence-electron chi connectivity index (χ2n) is 5.35. The molecular formula is C18H17NO2S2. The van der Waals surface area contributed by atoms with Gasteiger partial charge in [-0.05, 0) is 48.2 Å². The summed E-state index contributed by atoms with van der Waals surface area (Å²) in [5.41, 5.74) is 1.14. The van der Waals surface area contributed by atoms with Crippen molar-refractivity contribution in [2.75, 3.05) is 6.26 Å². The standard InChI is InChI=1S/C18H17NO2S2/c1-14-7-10-17(11-8-14)22(2)19-23(20,21)18-12-9-15-5-3-4-6-16(15)13-18/h3-13H,1-2H3. The molecule has 0 saturated heterocycles. The first-order valence-electron chi connectivity index (χ1n) is 7.15. The number of aryl methyl sites for hydroxylation is 1. The summed E-state index contributed by atoms with van der Waals surface area (Å²) in [4.78, 5) is 1.16. The molecule has 23 heavy (non-hydrogen) atoms. The van der Waals surface area contributed by atoms with Gasteiger partial charge in [-0.3, -0.25) is 0 Å². The van der Waals surface area contributed by atoms with Crippen LogP contribution in [0, 0.1) is 6.92 Å². The normalized spacial score (nSPS) is 13.3. The van der Waals surface area contributed by atoms with Crippen molar-refractivity contribution in [3.05, 3.63) is 72.3 Å². The highest BCUT2D eigenvalue weighted by molar-refractivity contribution is 7.99. The van der Waals surface area contributed by atoms with E-state index in [0.29, 0.717) is 0 Å². The van der Waals surface area contributed by atoms with E-state index in [1.54, 1.807) is 12.1 Å². The van der Waals surface area contributed by atoms with Crippen molar-refractivity contribution >= 4 is 31.5 Å². The number of hydrogen-bond donors (Lipinski definition) is 0. The fourth-order valence-corrected chi connectivity index (χ4v) is 5.21. The van der Waals surface area contributed by atoms with Crippen molar-refractivity contribution in [2.24, 2.45) is 3.77 Å². The summed E-state index contributed by atoms with van der Waals surface area (Å²) in [6, 6.07) is 20.6. The lowest BCUT2D eigenvalue weighted by Crippen LogP contribution is -2.00. The first-order valence-corrected chi connectivity index (χ1v) is 10.2. The molecular weight excluding hydrogens is 326 g/mol. The average Bonchev–Trinajstić information content (AvgIpc) is 2.54. The minimum absolute atomic E-state index is 0.239. The van der Waals surface area contributed by atoms with Crippen molar-refractivity contribution in [1.29, 1.82) is 0 Å². The number of hydrogen-bond acceptors (Lipinski definition) is 2. The van der Waals surface area contributed by atoms with E-state index in [1.807, 2.05) is 67.8 Å². The predicted molar refractivity (Wildman–Crippen MR) is 96.3 cm³/mol. The van der Waals surface area contributed by atoms with E-state index in [0.717, 1.165) is 21.2 Å². The van der Waals surface area contributed by atoms with E-state index in [4.69, 9.17) is 0 Å². The highest BCUT2D eigenvalue weighted by Crippen LogP contribution is 2.22. The smallest absolute Gasteiger partial charge is 0.199 e. The molecule has 118 valence electrons. The summed E-state index contributed by atoms with van der Waals surface area (Å²) in [5.74, 6) is 0. The molecule has 0 saturated carbocycles. The lowest BCUT2D eigenvalue weighted by Gasteiger charge is -2.05. The topological polar surface area (TPSA) is 46.5 Å². The van der Waals surface area contributed by atoms with Crippen molar-refractivity contribution in [1.82, 2.24) is 0 Å². The fourth-order valence-electron chi connectivity index (χ4n) is 2.30. The molecule has 3 aromatic carbocycles. The van der Waals surface area contributed by atoms with Crippen molar-refractivity contribution in [3.8, 4) is 0 Å². The fraction of sp³-hybridized carbons (Fsp3) is 0.111. The number of benzene rings is 3. The van der Waals surface area contributed by atoms with Crippen LogP contribution in [0.15, 0.2) is 80.3 Å². The Bertz CT molecular complexity index is 991. The summed E-state index contributed by atoms with van der Waals surface area (Å²) in [5, 5.41) is 1.91. The molecule has 0 aliphatic rings. The summed E-state index contributed by atoms with van der Waals surface area (Å²) in [7, 11) is -4.38. The van der Waals surface area contributed by atoms with Crippen LogP contribution in [-0.4, -0.2) is 14.7 Å². The van der Waals surface area contributed by atoms with Gasteiger partial charge in [-0.2, -0.15) is 8.42 Å². The zero-order chi connectivity index (χ0) is 16.4. The van der Waals surface area contributed by atoms with Crippen LogP contribution >= 0.6 is 0 Å². The van der Waals surface area contributed by atoms with E-state index in [-0.39, 0.29) is 4.90 Å².